The number of nitrogens with zero attached hydrogens (tertiary/aromatic N) is 2. The van der Waals surface area contributed by atoms with E-state index >= 15 is 0 Å². The van der Waals surface area contributed by atoms with Gasteiger partial charge in [-0.15, -0.1) is 0 Å². The van der Waals surface area contributed by atoms with Crippen molar-refractivity contribution in [3.8, 4) is 0 Å². The number of hydrogen-bond donors (Lipinski definition) is 2. The maximum absolute atomic E-state index is 12.8. The Kier molecular flexibility index (Phi) is 5.94. The average molecular weight is 425 g/mol. The second-order valence-electron chi connectivity index (χ2n) is 6.62. The number of nitrogens with one attached hydrogen (secondary N) is 2. The van der Waals surface area contributed by atoms with Crippen LogP contribution >= 0.6 is 0 Å². The number of benzene rings is 2. The van der Waals surface area contributed by atoms with Gasteiger partial charge in [-0.3, -0.25) is 4.72 Å². The van der Waals surface area contributed by atoms with Crippen molar-refractivity contribution in [3.05, 3.63) is 48.5 Å². The van der Waals surface area contributed by atoms with Gasteiger partial charge in [-0.1, -0.05) is 12.1 Å². The summed E-state index contributed by atoms with van der Waals surface area (Å²) in [7, 11) is -4.62. The molecule has 8 nitrogen and oxygen atoms in total. The first-order chi connectivity index (χ1) is 13.2. The summed E-state index contributed by atoms with van der Waals surface area (Å²) in [5, 5.41) is 3.27. The summed E-state index contributed by atoms with van der Waals surface area (Å²) in [6, 6.07) is 12.4. The van der Waals surface area contributed by atoms with Gasteiger partial charge in [0.05, 0.1) is 21.2 Å². The molecule has 28 heavy (non-hydrogen) atoms. The fraction of sp³-hybridized carbons (Fsp3) is 0.333. The zero-order valence-corrected chi connectivity index (χ0v) is 17.4. The van der Waals surface area contributed by atoms with Crippen molar-refractivity contribution in [1.82, 2.24) is 9.62 Å². The van der Waals surface area contributed by atoms with Crippen LogP contribution in [0.1, 0.15) is 0 Å². The SMILES string of the molecule is CN(C)S(=O)(=O)c1ccc(S(=O)(=O)Nc2ccccc2N2CCNCC2)cc1. The standard InChI is InChI=1S/C18H24N4O4S2/c1-21(2)28(25,26)16-9-7-15(8-10-16)27(23,24)20-17-5-3-4-6-18(17)22-13-11-19-12-14-22/h3-10,19-20H,11-14H2,1-2H3. The summed E-state index contributed by atoms with van der Waals surface area (Å²) in [4.78, 5) is 2.17. The molecule has 10 heteroatoms. The van der Waals surface area contributed by atoms with Crippen LogP contribution in [0.2, 0.25) is 0 Å². The van der Waals surface area contributed by atoms with Gasteiger partial charge in [-0.25, -0.2) is 21.1 Å². The summed E-state index contributed by atoms with van der Waals surface area (Å²) in [6.45, 7) is 3.25. The van der Waals surface area contributed by atoms with Gasteiger partial charge in [0.15, 0.2) is 0 Å². The third kappa shape index (κ3) is 4.30. The topological polar surface area (TPSA) is 98.8 Å². The van der Waals surface area contributed by atoms with Crippen LogP contribution in [0.3, 0.4) is 0 Å². The molecule has 3 rings (SSSR count). The van der Waals surface area contributed by atoms with Crippen molar-refractivity contribution >= 4 is 31.4 Å². The lowest BCUT2D eigenvalue weighted by Crippen LogP contribution is -2.43. The van der Waals surface area contributed by atoms with Gasteiger partial charge in [0.25, 0.3) is 10.0 Å². The quantitative estimate of drug-likeness (QED) is 0.722. The fourth-order valence-corrected chi connectivity index (χ4v) is 4.92. The van der Waals surface area contributed by atoms with Crippen molar-refractivity contribution in [2.75, 3.05) is 49.9 Å². The molecule has 152 valence electrons. The van der Waals surface area contributed by atoms with Crippen molar-refractivity contribution in [2.24, 2.45) is 0 Å². The van der Waals surface area contributed by atoms with Crippen LogP contribution in [0.4, 0.5) is 11.4 Å². The summed E-state index contributed by atoms with van der Waals surface area (Å²) < 4.78 is 53.7. The second kappa shape index (κ2) is 8.08. The van der Waals surface area contributed by atoms with Gasteiger partial charge in [0.2, 0.25) is 10.0 Å². The molecule has 0 radical (unpaired) electrons. The minimum Gasteiger partial charge on any atom is -0.367 e. The van der Waals surface area contributed by atoms with Crippen LogP contribution in [0.15, 0.2) is 58.3 Å². The molecule has 0 aromatic heterocycles. The maximum atomic E-state index is 12.8. The Balaban J connectivity index is 1.87. The number of para-hydroxylation sites is 2. The molecular weight excluding hydrogens is 400 g/mol. The predicted octanol–water partition coefficient (Wildman–Crippen LogP) is 1.15. The Bertz CT molecular complexity index is 1030. The number of hydrogen-bond acceptors (Lipinski definition) is 6. The average Bonchev–Trinajstić information content (AvgIpc) is 2.69. The van der Waals surface area contributed by atoms with Gasteiger partial charge >= 0.3 is 0 Å². The summed E-state index contributed by atoms with van der Waals surface area (Å²) in [5.74, 6) is 0. The van der Waals surface area contributed by atoms with E-state index in [1.807, 2.05) is 12.1 Å². The van der Waals surface area contributed by atoms with Crippen molar-refractivity contribution in [1.29, 1.82) is 0 Å². The van der Waals surface area contributed by atoms with Gasteiger partial charge < -0.3 is 10.2 Å². The minimum atomic E-state index is -3.86. The van der Waals surface area contributed by atoms with Crippen molar-refractivity contribution in [3.63, 3.8) is 0 Å². The summed E-state index contributed by atoms with van der Waals surface area (Å²) in [6.07, 6.45) is 0. The maximum Gasteiger partial charge on any atom is 0.261 e. The third-order valence-corrected chi connectivity index (χ3v) is 7.73. The Morgan fingerprint density at radius 3 is 2.07 bits per heavy atom. The Morgan fingerprint density at radius 1 is 0.893 bits per heavy atom. The van der Waals surface area contributed by atoms with Gasteiger partial charge in [-0.05, 0) is 36.4 Å². The molecule has 2 aromatic rings. The monoisotopic (exact) mass is 424 g/mol. The lowest BCUT2D eigenvalue weighted by atomic mass is 10.2. The zero-order chi connectivity index (χ0) is 20.4. The number of anilines is 2. The molecule has 0 aliphatic carbocycles. The molecule has 0 atom stereocenters. The lowest BCUT2D eigenvalue weighted by Gasteiger charge is -2.31. The first-order valence-corrected chi connectivity index (χ1v) is 11.7. The van der Waals surface area contributed by atoms with Crippen LogP contribution < -0.4 is 14.9 Å². The molecular formula is C18H24N4O4S2. The van der Waals surface area contributed by atoms with E-state index < -0.39 is 20.0 Å². The number of rotatable bonds is 6. The highest BCUT2D eigenvalue weighted by Crippen LogP contribution is 2.28. The van der Waals surface area contributed by atoms with E-state index in [9.17, 15) is 16.8 Å². The molecule has 0 saturated carbocycles. The normalized spacial score (nSPS) is 15.6. The Labute approximate surface area is 166 Å². The smallest absolute Gasteiger partial charge is 0.261 e. The third-order valence-electron chi connectivity index (χ3n) is 4.52. The molecule has 2 aromatic carbocycles. The second-order valence-corrected chi connectivity index (χ2v) is 10.5. The fourth-order valence-electron chi connectivity index (χ4n) is 2.95. The number of piperazine rings is 1. The Morgan fingerprint density at radius 2 is 1.46 bits per heavy atom. The molecule has 2 N–H and O–H groups in total. The molecule has 1 aliphatic heterocycles. The molecule has 1 heterocycles. The molecule has 0 bridgehead atoms. The summed E-state index contributed by atoms with van der Waals surface area (Å²) >= 11 is 0. The van der Waals surface area contributed by atoms with Crippen molar-refractivity contribution in [2.45, 2.75) is 9.79 Å². The van der Waals surface area contributed by atoms with E-state index in [0.29, 0.717) is 5.69 Å². The van der Waals surface area contributed by atoms with E-state index in [-0.39, 0.29) is 9.79 Å². The highest BCUT2D eigenvalue weighted by molar-refractivity contribution is 7.92. The first kappa shape index (κ1) is 20.6. The lowest BCUT2D eigenvalue weighted by molar-refractivity contribution is 0.520. The van der Waals surface area contributed by atoms with Crippen LogP contribution in [0, 0.1) is 0 Å². The molecule has 1 fully saturated rings. The van der Waals surface area contributed by atoms with E-state index in [4.69, 9.17) is 0 Å². The molecule has 1 saturated heterocycles. The first-order valence-electron chi connectivity index (χ1n) is 8.82. The van der Waals surface area contributed by atoms with E-state index in [1.165, 1.54) is 38.4 Å². The van der Waals surface area contributed by atoms with Gasteiger partial charge in [0.1, 0.15) is 0 Å². The molecule has 0 spiro atoms. The molecule has 0 unspecified atom stereocenters. The number of sulfonamides is 2. The van der Waals surface area contributed by atoms with Crippen LogP contribution in [-0.2, 0) is 20.0 Å². The van der Waals surface area contributed by atoms with E-state index in [1.54, 1.807) is 12.1 Å². The van der Waals surface area contributed by atoms with E-state index in [0.717, 1.165) is 36.2 Å². The van der Waals surface area contributed by atoms with Crippen LogP contribution in [0.5, 0.6) is 0 Å². The zero-order valence-electron chi connectivity index (χ0n) is 15.8. The predicted molar refractivity (Wildman–Crippen MR) is 110 cm³/mol. The highest BCUT2D eigenvalue weighted by atomic mass is 32.2. The van der Waals surface area contributed by atoms with Gasteiger partial charge in [0, 0.05) is 40.3 Å². The van der Waals surface area contributed by atoms with Crippen LogP contribution in [-0.4, -0.2) is 61.4 Å². The summed E-state index contributed by atoms with van der Waals surface area (Å²) in [5.41, 5.74) is 1.31. The molecule has 0 amide bonds. The minimum absolute atomic E-state index is 0.000296. The van der Waals surface area contributed by atoms with E-state index in [2.05, 4.69) is 14.9 Å². The molecule has 1 aliphatic rings. The largest absolute Gasteiger partial charge is 0.367 e. The highest BCUT2D eigenvalue weighted by Gasteiger charge is 2.21. The Hall–Kier alpha value is -2.14. The van der Waals surface area contributed by atoms with Crippen molar-refractivity contribution < 1.29 is 16.8 Å². The van der Waals surface area contributed by atoms with Gasteiger partial charge in [-0.2, -0.15) is 0 Å². The van der Waals surface area contributed by atoms with Crippen LogP contribution in [0.25, 0.3) is 0 Å².